The second-order valence-corrected chi connectivity index (χ2v) is 9.82. The molecular weight excluding hydrogens is 312 g/mol. The molecule has 1 aliphatic heterocycles. The molecule has 3 nitrogen and oxygen atoms in total. The third-order valence-corrected chi connectivity index (χ3v) is 4.62. The molecule has 121 valence electrons. The molecule has 0 saturated heterocycles. The van der Waals surface area contributed by atoms with E-state index in [4.69, 9.17) is 21.1 Å². The van der Waals surface area contributed by atoms with E-state index in [0.717, 1.165) is 22.0 Å². The third-order valence-electron chi connectivity index (χ3n) is 3.71. The zero-order valence-corrected chi connectivity index (χ0v) is 16.3. The van der Waals surface area contributed by atoms with Crippen LogP contribution in [0.4, 0.5) is 5.69 Å². The van der Waals surface area contributed by atoms with Crippen molar-refractivity contribution in [3.05, 3.63) is 28.3 Å². The molecule has 5 heteroatoms. The van der Waals surface area contributed by atoms with Crippen molar-refractivity contribution in [1.82, 2.24) is 0 Å². The number of rotatable bonds is 4. The van der Waals surface area contributed by atoms with Gasteiger partial charge in [-0.25, -0.2) is 0 Å². The minimum atomic E-state index is -0.824. The zero-order chi connectivity index (χ0) is 16.7. The van der Waals surface area contributed by atoms with Crippen LogP contribution in [-0.2, 0) is 4.53 Å². The molecule has 1 aromatic carbocycles. The lowest BCUT2D eigenvalue weighted by Crippen LogP contribution is -2.20. The fraction of sp³-hybridized carbons (Fsp3) is 0.588. The minimum Gasteiger partial charge on any atom is -0.323 e. The van der Waals surface area contributed by atoms with Crippen LogP contribution in [0.3, 0.4) is 0 Å². The van der Waals surface area contributed by atoms with Gasteiger partial charge in [-0.2, -0.15) is 0 Å². The van der Waals surface area contributed by atoms with Gasteiger partial charge in [0.2, 0.25) is 9.04 Å². The molecule has 1 N–H and O–H groups in total. The molecule has 0 spiro atoms. The molecule has 0 amide bonds. The van der Waals surface area contributed by atoms with Crippen LogP contribution in [0.2, 0.25) is 18.1 Å². The maximum Gasteiger partial charge on any atom is 0.244 e. The van der Waals surface area contributed by atoms with Gasteiger partial charge in [0.1, 0.15) is 0 Å². The van der Waals surface area contributed by atoms with Crippen LogP contribution in [0.15, 0.2) is 17.1 Å². The Bertz CT molecular complexity index is 591. The highest BCUT2D eigenvalue weighted by Crippen LogP contribution is 2.45. The maximum absolute atomic E-state index is 6.69. The Balaban J connectivity index is 2.48. The van der Waals surface area contributed by atoms with Gasteiger partial charge in [-0.3, -0.25) is 10.5 Å². The first-order valence-corrected chi connectivity index (χ1v) is 10.6. The van der Waals surface area contributed by atoms with Crippen LogP contribution < -0.4 is 5.48 Å². The van der Waals surface area contributed by atoms with E-state index in [1.165, 1.54) is 5.56 Å². The van der Waals surface area contributed by atoms with Gasteiger partial charge < -0.3 is 4.53 Å². The number of fused-ring (bicyclic) bond motifs is 1. The highest BCUT2D eigenvalue weighted by molar-refractivity contribution is 6.48. The highest BCUT2D eigenvalue weighted by Gasteiger charge is 2.35. The van der Waals surface area contributed by atoms with Gasteiger partial charge in [0.05, 0.1) is 16.8 Å². The lowest BCUT2D eigenvalue weighted by molar-refractivity contribution is 0.419. The third kappa shape index (κ3) is 3.39. The van der Waals surface area contributed by atoms with Crippen LogP contribution in [0.5, 0.6) is 0 Å². The molecule has 2 rings (SSSR count). The summed E-state index contributed by atoms with van der Waals surface area (Å²) in [7, 11) is -0.824. The Morgan fingerprint density at radius 1 is 1.27 bits per heavy atom. The van der Waals surface area contributed by atoms with Crippen molar-refractivity contribution in [1.29, 1.82) is 0 Å². The van der Waals surface area contributed by atoms with Gasteiger partial charge in [-0.05, 0) is 25.1 Å². The normalized spacial score (nSPS) is 17.9. The summed E-state index contributed by atoms with van der Waals surface area (Å²) in [6.07, 6.45) is 0. The average molecular weight is 338 g/mol. The number of benzene rings is 1. The summed E-state index contributed by atoms with van der Waals surface area (Å²) >= 11 is 6.69. The first kappa shape index (κ1) is 17.5. The molecule has 1 radical (unpaired) electrons. The highest BCUT2D eigenvalue weighted by atomic mass is 35.5. The first-order valence-electron chi connectivity index (χ1n) is 7.77. The molecule has 1 atom stereocenters. The van der Waals surface area contributed by atoms with Crippen LogP contribution in [0.25, 0.3) is 0 Å². The second-order valence-electron chi connectivity index (χ2n) is 7.42. The van der Waals surface area contributed by atoms with Crippen molar-refractivity contribution in [3.8, 4) is 0 Å². The predicted octanol–water partition coefficient (Wildman–Crippen LogP) is 5.48. The molecule has 0 fully saturated rings. The summed E-state index contributed by atoms with van der Waals surface area (Å²) in [5.74, 6) is 0.407. The van der Waals surface area contributed by atoms with E-state index in [0.29, 0.717) is 5.92 Å². The van der Waals surface area contributed by atoms with Crippen LogP contribution >= 0.6 is 11.6 Å². The van der Waals surface area contributed by atoms with Gasteiger partial charge >= 0.3 is 0 Å². The van der Waals surface area contributed by atoms with Crippen LogP contribution in [0.1, 0.15) is 51.8 Å². The molecule has 1 heterocycles. The van der Waals surface area contributed by atoms with E-state index in [9.17, 15) is 0 Å². The topological polar surface area (TPSA) is 33.6 Å². The summed E-state index contributed by atoms with van der Waals surface area (Å²) in [5, 5.41) is 0.738. The molecule has 22 heavy (non-hydrogen) atoms. The van der Waals surface area contributed by atoms with E-state index < -0.39 is 9.04 Å². The molecule has 0 aliphatic carbocycles. The predicted molar refractivity (Wildman–Crippen MR) is 97.2 cm³/mol. The fourth-order valence-electron chi connectivity index (χ4n) is 2.68. The molecule has 0 bridgehead atoms. The molecule has 1 aliphatic rings. The lowest BCUT2D eigenvalue weighted by Gasteiger charge is -2.20. The van der Waals surface area contributed by atoms with Crippen molar-refractivity contribution < 1.29 is 4.53 Å². The number of hydrogen-bond acceptors (Lipinski definition) is 3. The summed E-state index contributed by atoms with van der Waals surface area (Å²) in [5.41, 5.74) is 7.32. The van der Waals surface area contributed by atoms with Crippen molar-refractivity contribution >= 4 is 32.0 Å². The standard InChI is InChI=1S/C17H26ClN2OSi/c1-10(2)15-13-11(16(19-15)17(3,4)5)8-9-12(14(13)18)20-21-22(6)7/h8-10,15,20H,1-7H3. The summed E-state index contributed by atoms with van der Waals surface area (Å²) in [4.78, 5) is 4.99. The molecule has 1 aromatic rings. The molecule has 1 unspecified atom stereocenters. The number of anilines is 1. The van der Waals surface area contributed by atoms with E-state index in [2.05, 4.69) is 59.3 Å². The number of halogens is 1. The van der Waals surface area contributed by atoms with Crippen molar-refractivity contribution in [2.45, 2.75) is 53.8 Å². The van der Waals surface area contributed by atoms with Crippen molar-refractivity contribution in [3.63, 3.8) is 0 Å². The minimum absolute atomic E-state index is 0.0101. The van der Waals surface area contributed by atoms with Gasteiger partial charge in [0, 0.05) is 22.3 Å². The fourth-order valence-corrected chi connectivity index (χ4v) is 3.31. The molecule has 0 saturated carbocycles. The maximum atomic E-state index is 6.69. The Labute approximate surface area is 140 Å². The van der Waals surface area contributed by atoms with Crippen LogP contribution in [-0.4, -0.2) is 14.8 Å². The Morgan fingerprint density at radius 3 is 2.41 bits per heavy atom. The SMILES string of the molecule is CC(C)C1N=C(C(C)(C)C)c2ccc(NO[Si](C)C)c(Cl)c21. The van der Waals surface area contributed by atoms with E-state index in [-0.39, 0.29) is 11.5 Å². The number of aliphatic imine (C=N–C) groups is 1. The second kappa shape index (κ2) is 6.34. The van der Waals surface area contributed by atoms with E-state index in [1.807, 2.05) is 6.07 Å². The molecular formula is C17H26ClN2OSi. The zero-order valence-electron chi connectivity index (χ0n) is 14.5. The average Bonchev–Trinajstić information content (AvgIpc) is 2.78. The smallest absolute Gasteiger partial charge is 0.244 e. The van der Waals surface area contributed by atoms with Gasteiger partial charge in [-0.15, -0.1) is 0 Å². The van der Waals surface area contributed by atoms with E-state index >= 15 is 0 Å². The largest absolute Gasteiger partial charge is 0.323 e. The lowest BCUT2D eigenvalue weighted by atomic mass is 9.84. The Morgan fingerprint density at radius 2 is 1.91 bits per heavy atom. The van der Waals surface area contributed by atoms with Gasteiger partial charge in [0.15, 0.2) is 0 Å². The van der Waals surface area contributed by atoms with E-state index in [1.54, 1.807) is 0 Å². The van der Waals surface area contributed by atoms with Crippen LogP contribution in [0, 0.1) is 11.3 Å². The summed E-state index contributed by atoms with van der Waals surface area (Å²) in [6.45, 7) is 15.1. The number of hydrogen-bond donors (Lipinski definition) is 1. The number of nitrogens with zero attached hydrogens (tertiary/aromatic N) is 1. The first-order chi connectivity index (χ1) is 10.1. The summed E-state index contributed by atoms with van der Waals surface area (Å²) < 4.78 is 5.59. The number of nitrogens with one attached hydrogen (secondary N) is 1. The Hall–Kier alpha value is -0.843. The van der Waals surface area contributed by atoms with Gasteiger partial charge in [-0.1, -0.05) is 52.3 Å². The van der Waals surface area contributed by atoms with Crippen molar-refractivity contribution in [2.75, 3.05) is 5.48 Å². The van der Waals surface area contributed by atoms with Crippen molar-refractivity contribution in [2.24, 2.45) is 16.3 Å². The molecule has 0 aromatic heterocycles. The quantitative estimate of drug-likeness (QED) is 0.583. The Kier molecular flexibility index (Phi) is 5.05. The van der Waals surface area contributed by atoms with Gasteiger partial charge in [0.25, 0.3) is 0 Å². The summed E-state index contributed by atoms with van der Waals surface area (Å²) in [6, 6.07) is 4.24. The monoisotopic (exact) mass is 337 g/mol.